The van der Waals surface area contributed by atoms with Crippen molar-refractivity contribution in [1.29, 1.82) is 0 Å². The SMILES string of the molecule is C=CCCCCC(=O)OC[C@H](NC(=O)[C@H](CC=C)CC(=O)N1Cc2ccccc2C[C@H]1CO)c1ccccc1. The zero-order chi connectivity index (χ0) is 28.0. The first-order chi connectivity index (χ1) is 19.0. The lowest BCUT2D eigenvalue weighted by Crippen LogP contribution is -2.47. The summed E-state index contributed by atoms with van der Waals surface area (Å²) in [5.41, 5.74) is 2.99. The molecule has 0 bridgehead atoms. The number of nitrogens with zero attached hydrogens (tertiary/aromatic N) is 1. The molecule has 0 radical (unpaired) electrons. The molecule has 0 unspecified atom stereocenters. The van der Waals surface area contributed by atoms with Gasteiger partial charge in [-0.2, -0.15) is 0 Å². The van der Waals surface area contributed by atoms with Gasteiger partial charge in [0.25, 0.3) is 0 Å². The second kappa shape index (κ2) is 15.6. The van der Waals surface area contributed by atoms with Gasteiger partial charge in [-0.25, -0.2) is 0 Å². The van der Waals surface area contributed by atoms with E-state index in [1.165, 1.54) is 0 Å². The molecule has 1 aliphatic rings. The fraction of sp³-hybridized carbons (Fsp3) is 0.406. The normalized spacial score (nSPS) is 15.9. The highest BCUT2D eigenvalue weighted by molar-refractivity contribution is 5.86. The summed E-state index contributed by atoms with van der Waals surface area (Å²) in [4.78, 5) is 40.8. The number of benzene rings is 2. The summed E-state index contributed by atoms with van der Waals surface area (Å²) >= 11 is 0. The molecule has 1 aliphatic heterocycles. The third-order valence-corrected chi connectivity index (χ3v) is 7.10. The number of carbonyl (C=O) groups excluding carboxylic acids is 3. The molecule has 0 saturated carbocycles. The minimum atomic E-state index is -0.646. The highest BCUT2D eigenvalue weighted by Gasteiger charge is 2.32. The van der Waals surface area contributed by atoms with E-state index < -0.39 is 12.0 Å². The maximum atomic E-state index is 13.4. The third kappa shape index (κ3) is 8.93. The second-order valence-electron chi connectivity index (χ2n) is 9.95. The lowest BCUT2D eigenvalue weighted by molar-refractivity contribution is -0.145. The van der Waals surface area contributed by atoms with Gasteiger partial charge >= 0.3 is 5.97 Å². The molecule has 208 valence electrons. The van der Waals surface area contributed by atoms with Crippen LogP contribution < -0.4 is 5.32 Å². The van der Waals surface area contributed by atoms with Crippen molar-refractivity contribution in [2.75, 3.05) is 13.2 Å². The number of nitrogens with one attached hydrogen (secondary N) is 1. The molecule has 39 heavy (non-hydrogen) atoms. The quantitative estimate of drug-likeness (QED) is 0.198. The number of carbonyl (C=O) groups is 3. The molecule has 2 amide bonds. The summed E-state index contributed by atoms with van der Waals surface area (Å²) in [6, 6.07) is 16.4. The van der Waals surface area contributed by atoms with Crippen LogP contribution in [0.4, 0.5) is 0 Å². The summed E-state index contributed by atoms with van der Waals surface area (Å²) < 4.78 is 5.51. The van der Waals surface area contributed by atoms with Gasteiger partial charge in [0.1, 0.15) is 6.61 Å². The number of fused-ring (bicyclic) bond motifs is 1. The van der Waals surface area contributed by atoms with Crippen LogP contribution in [0.5, 0.6) is 0 Å². The highest BCUT2D eigenvalue weighted by Crippen LogP contribution is 2.26. The minimum Gasteiger partial charge on any atom is -0.463 e. The number of unbranched alkanes of at least 4 members (excludes halogenated alkanes) is 2. The molecule has 0 fully saturated rings. The van der Waals surface area contributed by atoms with Gasteiger partial charge in [0.2, 0.25) is 11.8 Å². The van der Waals surface area contributed by atoms with Crippen LogP contribution in [0.2, 0.25) is 0 Å². The first kappa shape index (κ1) is 29.8. The van der Waals surface area contributed by atoms with E-state index in [1.807, 2.05) is 60.7 Å². The number of aliphatic hydroxyl groups excluding tert-OH is 1. The van der Waals surface area contributed by atoms with Crippen LogP contribution in [-0.4, -0.2) is 47.0 Å². The first-order valence-electron chi connectivity index (χ1n) is 13.7. The van der Waals surface area contributed by atoms with Gasteiger partial charge in [0, 0.05) is 19.4 Å². The number of rotatable bonds is 15. The Morgan fingerprint density at radius 1 is 1.03 bits per heavy atom. The van der Waals surface area contributed by atoms with Crippen molar-refractivity contribution in [2.24, 2.45) is 5.92 Å². The summed E-state index contributed by atoms with van der Waals surface area (Å²) in [6.45, 7) is 7.73. The van der Waals surface area contributed by atoms with Gasteiger partial charge in [-0.3, -0.25) is 14.4 Å². The van der Waals surface area contributed by atoms with E-state index in [0.717, 1.165) is 29.5 Å². The van der Waals surface area contributed by atoms with E-state index in [1.54, 1.807) is 11.0 Å². The van der Waals surface area contributed by atoms with Gasteiger partial charge < -0.3 is 20.1 Å². The molecule has 2 aromatic carbocycles. The second-order valence-corrected chi connectivity index (χ2v) is 9.95. The average molecular weight is 533 g/mol. The van der Waals surface area contributed by atoms with Crippen LogP contribution in [-0.2, 0) is 32.1 Å². The molecule has 1 heterocycles. The monoisotopic (exact) mass is 532 g/mol. The zero-order valence-electron chi connectivity index (χ0n) is 22.6. The summed E-state index contributed by atoms with van der Waals surface area (Å²) in [6.07, 6.45) is 7.08. The molecule has 0 spiro atoms. The van der Waals surface area contributed by atoms with E-state index in [0.29, 0.717) is 32.2 Å². The summed E-state index contributed by atoms with van der Waals surface area (Å²) in [7, 11) is 0. The Kier molecular flexibility index (Phi) is 12.0. The lowest BCUT2D eigenvalue weighted by Gasteiger charge is -2.36. The molecule has 3 rings (SSSR count). The molecule has 0 aliphatic carbocycles. The third-order valence-electron chi connectivity index (χ3n) is 7.10. The molecule has 0 aromatic heterocycles. The van der Waals surface area contributed by atoms with Crippen molar-refractivity contribution in [3.05, 3.63) is 96.6 Å². The maximum Gasteiger partial charge on any atom is 0.305 e. The topological polar surface area (TPSA) is 95.9 Å². The first-order valence-corrected chi connectivity index (χ1v) is 13.7. The van der Waals surface area contributed by atoms with E-state index >= 15 is 0 Å². The van der Waals surface area contributed by atoms with Crippen molar-refractivity contribution in [1.82, 2.24) is 10.2 Å². The molecule has 2 N–H and O–H groups in total. The molecule has 7 nitrogen and oxygen atoms in total. The summed E-state index contributed by atoms with van der Waals surface area (Å²) in [5.74, 6) is -1.45. The predicted molar refractivity (Wildman–Crippen MR) is 151 cm³/mol. The van der Waals surface area contributed by atoms with Gasteiger partial charge in [0.05, 0.1) is 24.6 Å². The number of hydrogen-bond acceptors (Lipinski definition) is 5. The van der Waals surface area contributed by atoms with Gasteiger partial charge in [-0.15, -0.1) is 13.2 Å². The maximum absolute atomic E-state index is 13.4. The van der Waals surface area contributed by atoms with E-state index in [2.05, 4.69) is 18.5 Å². The van der Waals surface area contributed by atoms with E-state index in [9.17, 15) is 19.5 Å². The Morgan fingerprint density at radius 2 is 1.74 bits per heavy atom. The number of aliphatic hydroxyl groups is 1. The standard InChI is InChI=1S/C32H40N2O5/c1-3-5-6-10-18-31(37)39-23-29(24-14-8-7-9-15-24)33-32(38)26(13-4-2)20-30(36)34-21-27-17-12-11-16-25(27)19-28(34)22-35/h3-4,7-9,11-12,14-17,26,28-29,35H,1-2,5-6,10,13,18-23H2,(H,33,38)/t26-,28+,29+/m1/s1. The van der Waals surface area contributed by atoms with Crippen molar-refractivity contribution >= 4 is 17.8 Å². The Labute approximate surface area is 231 Å². The van der Waals surface area contributed by atoms with Crippen LogP contribution in [0.3, 0.4) is 0 Å². The fourth-order valence-electron chi connectivity index (χ4n) is 4.86. The molecule has 3 atom stereocenters. The van der Waals surface area contributed by atoms with Crippen LogP contribution in [0, 0.1) is 5.92 Å². The largest absolute Gasteiger partial charge is 0.463 e. The Bertz CT molecular complexity index is 1120. The number of ether oxygens (including phenoxy) is 1. The zero-order valence-corrected chi connectivity index (χ0v) is 22.6. The molecule has 0 saturated heterocycles. The van der Waals surface area contributed by atoms with Gasteiger partial charge in [0.15, 0.2) is 0 Å². The van der Waals surface area contributed by atoms with Crippen molar-refractivity contribution in [3.63, 3.8) is 0 Å². The van der Waals surface area contributed by atoms with Crippen molar-refractivity contribution in [3.8, 4) is 0 Å². The van der Waals surface area contributed by atoms with Crippen LogP contribution >= 0.6 is 0 Å². The van der Waals surface area contributed by atoms with E-state index in [4.69, 9.17) is 4.74 Å². The predicted octanol–water partition coefficient (Wildman–Crippen LogP) is 4.66. The number of hydrogen-bond donors (Lipinski definition) is 2. The Morgan fingerprint density at radius 3 is 2.44 bits per heavy atom. The smallest absolute Gasteiger partial charge is 0.305 e. The Hall–Kier alpha value is -3.71. The highest BCUT2D eigenvalue weighted by atomic mass is 16.5. The average Bonchev–Trinajstić information content (AvgIpc) is 2.96. The fourth-order valence-corrected chi connectivity index (χ4v) is 4.86. The number of esters is 1. The van der Waals surface area contributed by atoms with Crippen LogP contribution in [0.25, 0.3) is 0 Å². The van der Waals surface area contributed by atoms with E-state index in [-0.39, 0.29) is 43.5 Å². The number of amides is 2. The van der Waals surface area contributed by atoms with Crippen LogP contribution in [0.15, 0.2) is 79.9 Å². The molecular weight excluding hydrogens is 492 g/mol. The van der Waals surface area contributed by atoms with Crippen molar-refractivity contribution < 1.29 is 24.2 Å². The summed E-state index contributed by atoms with van der Waals surface area (Å²) in [5, 5.41) is 13.0. The van der Waals surface area contributed by atoms with Gasteiger partial charge in [-0.1, -0.05) is 66.7 Å². The number of allylic oxidation sites excluding steroid dienone is 2. The molecule has 7 heteroatoms. The minimum absolute atomic E-state index is 0.000294. The van der Waals surface area contributed by atoms with Crippen molar-refractivity contribution in [2.45, 2.75) is 63.6 Å². The van der Waals surface area contributed by atoms with Gasteiger partial charge in [-0.05, 0) is 48.8 Å². The Balaban J connectivity index is 1.66. The molecular formula is C32H40N2O5. The molecule has 2 aromatic rings. The van der Waals surface area contributed by atoms with Crippen LogP contribution in [0.1, 0.15) is 61.3 Å². The lowest BCUT2D eigenvalue weighted by atomic mass is 9.92.